The molecule has 0 spiro atoms. The van der Waals surface area contributed by atoms with Gasteiger partial charge in [0.1, 0.15) is 17.4 Å². The van der Waals surface area contributed by atoms with Crippen LogP contribution < -0.4 is 4.74 Å². The lowest BCUT2D eigenvalue weighted by atomic mass is 9.88. The summed E-state index contributed by atoms with van der Waals surface area (Å²) in [5.41, 5.74) is 4.19. The van der Waals surface area contributed by atoms with Crippen molar-refractivity contribution in [2.24, 2.45) is 5.92 Å². The van der Waals surface area contributed by atoms with Crippen molar-refractivity contribution in [3.63, 3.8) is 0 Å². The lowest BCUT2D eigenvalue weighted by Gasteiger charge is -2.31. The first-order valence-electron chi connectivity index (χ1n) is 10.0. The van der Waals surface area contributed by atoms with E-state index in [-0.39, 0.29) is 17.5 Å². The highest BCUT2D eigenvalue weighted by Crippen LogP contribution is 2.28. The maximum absolute atomic E-state index is 13.4. The molecule has 0 aliphatic carbocycles. The number of halogens is 1. The van der Waals surface area contributed by atoms with Crippen LogP contribution in [0.25, 0.3) is 11.0 Å². The zero-order chi connectivity index (χ0) is 20.5. The van der Waals surface area contributed by atoms with Gasteiger partial charge in [0.25, 0.3) is 0 Å². The van der Waals surface area contributed by atoms with E-state index in [0.29, 0.717) is 18.6 Å². The molecule has 1 N–H and O–H groups in total. The summed E-state index contributed by atoms with van der Waals surface area (Å²) in [4.78, 5) is 23.2. The zero-order valence-electron chi connectivity index (χ0n) is 17.1. The Hall–Kier alpha value is -2.73. The fraction of sp³-hybridized carbons (Fsp3) is 0.391. The zero-order valence-corrected chi connectivity index (χ0v) is 17.1. The third kappa shape index (κ3) is 4.03. The standard InChI is InChI=1S/C23H26FN3O2/c1-14-9-17(10-15(2)23(14)29-3)22(28)16-5-4-8-27(12-16)13-21-25-19-7-6-18(24)11-20(19)26-21/h6-7,9-11,16H,4-5,8,12-13H2,1-3H3,(H,25,26)/t16-/m1/s1. The minimum Gasteiger partial charge on any atom is -0.496 e. The lowest BCUT2D eigenvalue weighted by Crippen LogP contribution is -2.38. The number of hydrogen-bond donors (Lipinski definition) is 1. The highest BCUT2D eigenvalue weighted by atomic mass is 19.1. The fourth-order valence-corrected chi connectivity index (χ4v) is 4.38. The number of fused-ring (bicyclic) bond motifs is 1. The minimum atomic E-state index is -0.276. The topological polar surface area (TPSA) is 58.2 Å². The number of aromatic nitrogens is 2. The van der Waals surface area contributed by atoms with Crippen molar-refractivity contribution in [1.29, 1.82) is 0 Å². The Morgan fingerprint density at radius 1 is 1.28 bits per heavy atom. The number of benzene rings is 2. The number of piperidine rings is 1. The molecule has 0 amide bonds. The molecule has 1 aromatic heterocycles. The largest absolute Gasteiger partial charge is 0.496 e. The van der Waals surface area contributed by atoms with Crippen LogP contribution >= 0.6 is 0 Å². The van der Waals surface area contributed by atoms with Crippen molar-refractivity contribution in [2.45, 2.75) is 33.2 Å². The number of aryl methyl sites for hydroxylation is 2. The molecule has 0 bridgehead atoms. The first kappa shape index (κ1) is 19.6. The Kier molecular flexibility index (Phi) is 5.37. The molecule has 1 saturated heterocycles. The van der Waals surface area contributed by atoms with Crippen LogP contribution in [0.1, 0.15) is 40.2 Å². The molecule has 2 aromatic carbocycles. The van der Waals surface area contributed by atoms with E-state index in [9.17, 15) is 9.18 Å². The summed E-state index contributed by atoms with van der Waals surface area (Å²) in [5, 5.41) is 0. The van der Waals surface area contributed by atoms with Gasteiger partial charge in [-0.3, -0.25) is 9.69 Å². The quantitative estimate of drug-likeness (QED) is 0.650. The number of carbonyl (C=O) groups excluding carboxylic acids is 1. The van der Waals surface area contributed by atoms with Gasteiger partial charge in [-0.2, -0.15) is 0 Å². The second-order valence-corrected chi connectivity index (χ2v) is 7.93. The third-order valence-corrected chi connectivity index (χ3v) is 5.69. The van der Waals surface area contributed by atoms with Gasteiger partial charge in [0.15, 0.2) is 5.78 Å². The lowest BCUT2D eigenvalue weighted by molar-refractivity contribution is 0.0808. The summed E-state index contributed by atoms with van der Waals surface area (Å²) < 4.78 is 18.8. The number of hydrogen-bond acceptors (Lipinski definition) is 4. The highest BCUT2D eigenvalue weighted by molar-refractivity contribution is 5.98. The number of imidazole rings is 1. The summed E-state index contributed by atoms with van der Waals surface area (Å²) in [6.45, 7) is 6.20. The minimum absolute atomic E-state index is 0.0298. The molecule has 0 unspecified atom stereocenters. The molecule has 2 heterocycles. The molecule has 1 aliphatic heterocycles. The van der Waals surface area contributed by atoms with Crippen molar-refractivity contribution in [1.82, 2.24) is 14.9 Å². The molecule has 1 fully saturated rings. The van der Waals surface area contributed by atoms with Crippen molar-refractivity contribution in [2.75, 3.05) is 20.2 Å². The Labute approximate surface area is 169 Å². The molecule has 5 nitrogen and oxygen atoms in total. The number of nitrogens with zero attached hydrogens (tertiary/aromatic N) is 2. The van der Waals surface area contributed by atoms with Gasteiger partial charge in [-0.15, -0.1) is 0 Å². The number of ketones is 1. The first-order valence-corrected chi connectivity index (χ1v) is 10.0. The third-order valence-electron chi connectivity index (χ3n) is 5.69. The average molecular weight is 395 g/mol. The number of carbonyl (C=O) groups is 1. The first-order chi connectivity index (χ1) is 13.9. The smallest absolute Gasteiger partial charge is 0.167 e. The van der Waals surface area contributed by atoms with Gasteiger partial charge in [0.2, 0.25) is 0 Å². The summed E-state index contributed by atoms with van der Waals surface area (Å²) >= 11 is 0. The summed E-state index contributed by atoms with van der Waals surface area (Å²) in [6.07, 6.45) is 1.87. The van der Waals surface area contributed by atoms with Gasteiger partial charge in [-0.05, 0) is 74.7 Å². The molecule has 29 heavy (non-hydrogen) atoms. The molecule has 0 radical (unpaired) electrons. The fourth-order valence-electron chi connectivity index (χ4n) is 4.38. The van der Waals surface area contributed by atoms with Gasteiger partial charge >= 0.3 is 0 Å². The van der Waals surface area contributed by atoms with Gasteiger partial charge in [-0.1, -0.05) is 0 Å². The van der Waals surface area contributed by atoms with Crippen LogP contribution in [0.5, 0.6) is 5.75 Å². The number of Topliss-reactive ketones (excluding diaryl/α,β-unsaturated/α-hetero) is 1. The molecule has 0 saturated carbocycles. The van der Waals surface area contributed by atoms with Crippen LogP contribution in [0.4, 0.5) is 4.39 Å². The van der Waals surface area contributed by atoms with Gasteiger partial charge < -0.3 is 9.72 Å². The van der Waals surface area contributed by atoms with Crippen molar-refractivity contribution in [3.8, 4) is 5.75 Å². The molecule has 1 aliphatic rings. The van der Waals surface area contributed by atoms with E-state index in [0.717, 1.165) is 53.2 Å². The van der Waals surface area contributed by atoms with Crippen LogP contribution in [0, 0.1) is 25.6 Å². The molecule has 6 heteroatoms. The Balaban J connectivity index is 1.48. The van der Waals surface area contributed by atoms with Crippen LogP contribution in [0.2, 0.25) is 0 Å². The molecule has 1 atom stereocenters. The van der Waals surface area contributed by atoms with Gasteiger partial charge in [-0.25, -0.2) is 9.37 Å². The predicted molar refractivity (Wildman–Crippen MR) is 111 cm³/mol. The van der Waals surface area contributed by atoms with Crippen molar-refractivity contribution >= 4 is 16.8 Å². The number of ether oxygens (including phenoxy) is 1. The Morgan fingerprint density at radius 3 is 2.76 bits per heavy atom. The van der Waals surface area contributed by atoms with Crippen molar-refractivity contribution in [3.05, 3.63) is 58.7 Å². The molecular weight excluding hydrogens is 369 g/mol. The SMILES string of the molecule is COc1c(C)cc(C(=O)[C@@H]2CCCN(Cc3nc4ccc(F)cc4[nH]3)C2)cc1C. The van der Waals surface area contributed by atoms with Crippen LogP contribution in [-0.4, -0.2) is 40.9 Å². The van der Waals surface area contributed by atoms with Gasteiger partial charge in [0.05, 0.1) is 24.7 Å². The number of rotatable bonds is 5. The summed E-state index contributed by atoms with van der Waals surface area (Å²) in [6, 6.07) is 8.42. The second kappa shape index (κ2) is 7.95. The highest BCUT2D eigenvalue weighted by Gasteiger charge is 2.27. The normalized spacial score (nSPS) is 17.6. The number of aromatic amines is 1. The van der Waals surface area contributed by atoms with Crippen molar-refractivity contribution < 1.29 is 13.9 Å². The molecule has 152 valence electrons. The molecule has 3 aromatic rings. The van der Waals surface area contributed by atoms with E-state index in [1.165, 1.54) is 12.1 Å². The summed E-state index contributed by atoms with van der Waals surface area (Å²) in [7, 11) is 1.66. The molecule has 4 rings (SSSR count). The maximum Gasteiger partial charge on any atom is 0.167 e. The van der Waals surface area contributed by atoms with E-state index in [2.05, 4.69) is 14.9 Å². The van der Waals surface area contributed by atoms with Crippen LogP contribution in [0.15, 0.2) is 30.3 Å². The second-order valence-electron chi connectivity index (χ2n) is 7.93. The van der Waals surface area contributed by atoms with E-state index in [1.807, 2.05) is 26.0 Å². The Bertz CT molecular complexity index is 1040. The van der Waals surface area contributed by atoms with E-state index in [1.54, 1.807) is 13.2 Å². The number of likely N-dealkylation sites (tertiary alicyclic amines) is 1. The van der Waals surface area contributed by atoms with Gasteiger partial charge in [0, 0.05) is 18.0 Å². The van der Waals surface area contributed by atoms with Crippen LogP contribution in [0.3, 0.4) is 0 Å². The van der Waals surface area contributed by atoms with E-state index < -0.39 is 0 Å². The number of methoxy groups -OCH3 is 1. The predicted octanol–water partition coefficient (Wildman–Crippen LogP) is 4.42. The Morgan fingerprint density at radius 2 is 2.03 bits per heavy atom. The number of nitrogens with one attached hydrogen (secondary N) is 1. The maximum atomic E-state index is 13.4. The molecular formula is C23H26FN3O2. The number of H-pyrrole nitrogens is 1. The van der Waals surface area contributed by atoms with E-state index in [4.69, 9.17) is 4.74 Å². The average Bonchev–Trinajstić information content (AvgIpc) is 3.08. The summed E-state index contributed by atoms with van der Waals surface area (Å²) in [5.74, 6) is 1.53. The van der Waals surface area contributed by atoms with E-state index >= 15 is 0 Å². The van der Waals surface area contributed by atoms with Crippen LogP contribution in [-0.2, 0) is 6.54 Å². The monoisotopic (exact) mass is 395 g/mol.